The molecule has 4 nitrogen and oxygen atoms in total. The molecule has 1 N–H and O–H groups in total. The van der Waals surface area contributed by atoms with Gasteiger partial charge in [0.25, 0.3) is 0 Å². The predicted molar refractivity (Wildman–Crippen MR) is 39.4 cm³/mol. The number of carboxylic acid groups (broad SMARTS) is 1. The molecule has 1 heterocycles. The Kier molecular flexibility index (Phi) is 2.22. The molecule has 4 heteroatoms. The van der Waals surface area contributed by atoms with E-state index in [0.717, 1.165) is 19.3 Å². The number of aliphatic carboxylic acids is 1. The molecule has 0 saturated carbocycles. The Morgan fingerprint density at radius 1 is 1.45 bits per heavy atom. The summed E-state index contributed by atoms with van der Waals surface area (Å²) in [5.74, 6) is -0.722. The molecule has 0 fully saturated rings. The van der Waals surface area contributed by atoms with Gasteiger partial charge in [-0.2, -0.15) is 10.2 Å². The maximum absolute atomic E-state index is 10.1. The van der Waals surface area contributed by atoms with Crippen LogP contribution < -0.4 is 0 Å². The van der Waals surface area contributed by atoms with E-state index in [9.17, 15) is 4.79 Å². The highest BCUT2D eigenvalue weighted by Crippen LogP contribution is 2.32. The third kappa shape index (κ3) is 3.11. The van der Waals surface area contributed by atoms with Gasteiger partial charge in [0.15, 0.2) is 5.66 Å². The second kappa shape index (κ2) is 2.98. The van der Waals surface area contributed by atoms with E-state index in [1.54, 1.807) is 0 Å². The monoisotopic (exact) mass is 156 g/mol. The van der Waals surface area contributed by atoms with Crippen molar-refractivity contribution in [2.75, 3.05) is 0 Å². The minimum Gasteiger partial charge on any atom is -0.481 e. The van der Waals surface area contributed by atoms with Gasteiger partial charge in [0, 0.05) is 6.42 Å². The van der Waals surface area contributed by atoms with Crippen LogP contribution in [-0.2, 0) is 4.79 Å². The van der Waals surface area contributed by atoms with E-state index in [1.165, 1.54) is 0 Å². The lowest BCUT2D eigenvalue weighted by atomic mass is 10.1. The zero-order chi connectivity index (χ0) is 8.32. The van der Waals surface area contributed by atoms with Crippen molar-refractivity contribution in [3.63, 3.8) is 0 Å². The van der Waals surface area contributed by atoms with Crippen LogP contribution in [0.15, 0.2) is 10.2 Å². The lowest BCUT2D eigenvalue weighted by Gasteiger charge is -2.00. The maximum Gasteiger partial charge on any atom is 0.303 e. The first-order chi connectivity index (χ1) is 5.12. The fourth-order valence-corrected chi connectivity index (χ4v) is 0.921. The van der Waals surface area contributed by atoms with Crippen molar-refractivity contribution >= 4 is 5.97 Å². The first-order valence-corrected chi connectivity index (χ1v) is 3.78. The van der Waals surface area contributed by atoms with Crippen LogP contribution in [0, 0.1) is 0 Å². The van der Waals surface area contributed by atoms with Crippen LogP contribution in [0.25, 0.3) is 0 Å². The zero-order valence-electron chi connectivity index (χ0n) is 6.58. The van der Waals surface area contributed by atoms with E-state index >= 15 is 0 Å². The largest absolute Gasteiger partial charge is 0.481 e. The van der Waals surface area contributed by atoms with Gasteiger partial charge in [-0.3, -0.25) is 4.79 Å². The highest BCUT2D eigenvalue weighted by atomic mass is 16.4. The Morgan fingerprint density at radius 2 is 2.09 bits per heavy atom. The fraction of sp³-hybridized carbons (Fsp3) is 0.857. The normalized spacial score (nSPS) is 18.3. The van der Waals surface area contributed by atoms with Crippen LogP contribution in [0.1, 0.15) is 32.6 Å². The van der Waals surface area contributed by atoms with Crippen LogP contribution in [0.3, 0.4) is 0 Å². The smallest absolute Gasteiger partial charge is 0.303 e. The Balaban J connectivity index is 1.93. The van der Waals surface area contributed by atoms with E-state index < -0.39 is 5.97 Å². The summed E-state index contributed by atoms with van der Waals surface area (Å²) >= 11 is 0. The number of rotatable bonds is 5. The second-order valence-electron chi connectivity index (χ2n) is 3.02. The number of nitrogens with zero attached hydrogens (tertiary/aromatic N) is 2. The second-order valence-corrected chi connectivity index (χ2v) is 3.02. The van der Waals surface area contributed by atoms with Crippen molar-refractivity contribution in [3.8, 4) is 0 Å². The molecule has 0 unspecified atom stereocenters. The SMILES string of the molecule is CC1(CCCCC(=O)O)N=N1. The Labute approximate surface area is 65.3 Å². The van der Waals surface area contributed by atoms with Gasteiger partial charge in [-0.1, -0.05) is 0 Å². The first kappa shape index (κ1) is 8.17. The van der Waals surface area contributed by atoms with Gasteiger partial charge in [-0.25, -0.2) is 0 Å². The fourth-order valence-electron chi connectivity index (χ4n) is 0.921. The summed E-state index contributed by atoms with van der Waals surface area (Å²) in [6.45, 7) is 1.95. The van der Waals surface area contributed by atoms with Crippen molar-refractivity contribution in [2.45, 2.75) is 38.3 Å². The predicted octanol–water partition coefficient (Wildman–Crippen LogP) is 1.81. The average molecular weight is 156 g/mol. The van der Waals surface area contributed by atoms with E-state index in [-0.39, 0.29) is 12.1 Å². The molecule has 0 bridgehead atoms. The van der Waals surface area contributed by atoms with Gasteiger partial charge in [-0.15, -0.1) is 0 Å². The lowest BCUT2D eigenvalue weighted by Crippen LogP contribution is -2.03. The number of hydrogen-bond donors (Lipinski definition) is 1. The molecule has 1 rings (SSSR count). The number of unbranched alkanes of at least 4 members (excludes halogenated alkanes) is 1. The Hall–Kier alpha value is -0.930. The van der Waals surface area contributed by atoms with Gasteiger partial charge < -0.3 is 5.11 Å². The molecule has 0 aliphatic carbocycles. The van der Waals surface area contributed by atoms with Gasteiger partial charge in [-0.05, 0) is 26.2 Å². The summed E-state index contributed by atoms with van der Waals surface area (Å²) in [6, 6.07) is 0. The third-order valence-electron chi connectivity index (χ3n) is 1.73. The van der Waals surface area contributed by atoms with Crippen LogP contribution in [-0.4, -0.2) is 16.7 Å². The van der Waals surface area contributed by atoms with Crippen molar-refractivity contribution in [1.82, 2.24) is 0 Å². The topological polar surface area (TPSA) is 62.0 Å². The highest BCUT2D eigenvalue weighted by molar-refractivity contribution is 5.66. The quantitative estimate of drug-likeness (QED) is 0.617. The van der Waals surface area contributed by atoms with Crippen molar-refractivity contribution in [2.24, 2.45) is 10.2 Å². The molecule has 1 aliphatic rings. The summed E-state index contributed by atoms with van der Waals surface area (Å²) in [4.78, 5) is 10.1. The molecule has 1 aliphatic heterocycles. The van der Waals surface area contributed by atoms with Crippen LogP contribution >= 0.6 is 0 Å². The molecule has 11 heavy (non-hydrogen) atoms. The minimum atomic E-state index is -0.722. The van der Waals surface area contributed by atoms with E-state index in [1.807, 2.05) is 6.92 Å². The van der Waals surface area contributed by atoms with E-state index in [4.69, 9.17) is 5.11 Å². The van der Waals surface area contributed by atoms with Crippen molar-refractivity contribution in [3.05, 3.63) is 0 Å². The Bertz CT molecular complexity index is 183. The van der Waals surface area contributed by atoms with Crippen LogP contribution in [0.2, 0.25) is 0 Å². The average Bonchev–Trinajstić information content (AvgIpc) is 2.62. The molecule has 0 aromatic rings. The maximum atomic E-state index is 10.1. The van der Waals surface area contributed by atoms with Gasteiger partial charge in [0.2, 0.25) is 0 Å². The number of hydrogen-bond acceptors (Lipinski definition) is 3. The summed E-state index contributed by atoms with van der Waals surface area (Å²) in [5, 5.41) is 16.0. The first-order valence-electron chi connectivity index (χ1n) is 3.78. The van der Waals surface area contributed by atoms with E-state index in [0.29, 0.717) is 0 Å². The Morgan fingerprint density at radius 3 is 2.55 bits per heavy atom. The molecule has 0 radical (unpaired) electrons. The summed E-state index contributed by atoms with van der Waals surface area (Å²) in [7, 11) is 0. The van der Waals surface area contributed by atoms with Crippen LogP contribution in [0.4, 0.5) is 0 Å². The standard InChI is InChI=1S/C7H12N2O2/c1-7(8-9-7)5-3-2-4-6(10)11/h2-5H2,1H3,(H,10,11). The lowest BCUT2D eigenvalue weighted by molar-refractivity contribution is -0.137. The molecule has 0 aromatic heterocycles. The molecule has 0 aromatic carbocycles. The zero-order valence-corrected chi connectivity index (χ0v) is 6.58. The summed E-state index contributed by atoms with van der Waals surface area (Å²) in [5.41, 5.74) is -0.154. The van der Waals surface area contributed by atoms with Gasteiger partial charge in [0.1, 0.15) is 0 Å². The van der Waals surface area contributed by atoms with Gasteiger partial charge >= 0.3 is 5.97 Å². The van der Waals surface area contributed by atoms with Crippen molar-refractivity contribution < 1.29 is 9.90 Å². The molecular weight excluding hydrogens is 144 g/mol. The third-order valence-corrected chi connectivity index (χ3v) is 1.73. The summed E-state index contributed by atoms with van der Waals surface area (Å²) < 4.78 is 0. The number of carbonyl (C=O) groups is 1. The molecule has 62 valence electrons. The molecular formula is C7H12N2O2. The van der Waals surface area contributed by atoms with Gasteiger partial charge in [0.05, 0.1) is 0 Å². The van der Waals surface area contributed by atoms with Crippen LogP contribution in [0.5, 0.6) is 0 Å². The molecule has 0 amide bonds. The molecule has 0 saturated heterocycles. The minimum absolute atomic E-state index is 0.154. The molecule has 0 spiro atoms. The molecule has 0 atom stereocenters. The van der Waals surface area contributed by atoms with E-state index in [2.05, 4.69) is 10.2 Å². The van der Waals surface area contributed by atoms with Crippen molar-refractivity contribution in [1.29, 1.82) is 0 Å². The highest BCUT2D eigenvalue weighted by Gasteiger charge is 2.32. The summed E-state index contributed by atoms with van der Waals surface area (Å²) in [6.07, 6.45) is 2.78. The number of carboxylic acids is 1.